The Labute approximate surface area is 199 Å². The van der Waals surface area contributed by atoms with Crippen molar-refractivity contribution >= 4 is 56.9 Å². The van der Waals surface area contributed by atoms with Gasteiger partial charge >= 0.3 is 5.97 Å². The lowest BCUT2D eigenvalue weighted by Crippen LogP contribution is -2.20. The van der Waals surface area contributed by atoms with Crippen molar-refractivity contribution < 1.29 is 13.9 Å². The van der Waals surface area contributed by atoms with Gasteiger partial charge in [0.15, 0.2) is 5.11 Å². The van der Waals surface area contributed by atoms with Gasteiger partial charge in [0.1, 0.15) is 10.8 Å². The lowest BCUT2D eigenvalue weighted by Gasteiger charge is -2.10. The highest BCUT2D eigenvalue weighted by atomic mass is 35.5. The van der Waals surface area contributed by atoms with Gasteiger partial charge in [0, 0.05) is 21.7 Å². The molecular weight excluding hydrogens is 471 g/mol. The summed E-state index contributed by atoms with van der Waals surface area (Å²) < 4.78 is 20.6. The normalized spacial score (nSPS) is 13.2. The van der Waals surface area contributed by atoms with Gasteiger partial charge in [0.05, 0.1) is 31.1 Å². The SMILES string of the molecule is COC(=O)c1c(NC(=S)Nc2cnn(Cc3c(F)cccc3Cl)c2)sc2c1CCCCC2. The Morgan fingerprint density at radius 1 is 1.31 bits per heavy atom. The minimum atomic E-state index is -0.382. The topological polar surface area (TPSA) is 68.2 Å². The molecule has 0 bridgehead atoms. The van der Waals surface area contributed by atoms with E-state index in [1.165, 1.54) is 18.1 Å². The molecule has 4 rings (SSSR count). The maximum Gasteiger partial charge on any atom is 0.341 e. The average Bonchev–Trinajstić information content (AvgIpc) is 3.26. The van der Waals surface area contributed by atoms with Crippen molar-refractivity contribution in [2.75, 3.05) is 17.7 Å². The molecule has 0 aliphatic heterocycles. The third kappa shape index (κ3) is 4.95. The second-order valence-corrected chi connectivity index (χ2v) is 9.39. The number of aromatic nitrogens is 2. The molecule has 6 nitrogen and oxygen atoms in total. The number of carbonyl (C=O) groups excluding carboxylic acids is 1. The molecule has 0 radical (unpaired) electrons. The van der Waals surface area contributed by atoms with Crippen LogP contribution >= 0.6 is 35.2 Å². The van der Waals surface area contributed by atoms with Crippen LogP contribution in [0.2, 0.25) is 5.02 Å². The zero-order valence-corrected chi connectivity index (χ0v) is 19.8. The monoisotopic (exact) mass is 492 g/mol. The van der Waals surface area contributed by atoms with Crippen LogP contribution in [0.25, 0.3) is 0 Å². The molecule has 1 aromatic carbocycles. The Balaban J connectivity index is 1.47. The third-order valence-electron chi connectivity index (χ3n) is 5.31. The molecule has 3 aromatic rings. The lowest BCUT2D eigenvalue weighted by molar-refractivity contribution is 0.0601. The minimum Gasteiger partial charge on any atom is -0.465 e. The quantitative estimate of drug-likeness (QED) is 0.272. The van der Waals surface area contributed by atoms with Gasteiger partial charge in [0.25, 0.3) is 0 Å². The predicted octanol–water partition coefficient (Wildman–Crippen LogP) is 5.65. The number of carbonyl (C=O) groups is 1. The fourth-order valence-electron chi connectivity index (χ4n) is 3.77. The summed E-state index contributed by atoms with van der Waals surface area (Å²) in [5.41, 5.74) is 2.64. The second kappa shape index (κ2) is 9.97. The molecule has 2 N–H and O–H groups in total. The van der Waals surface area contributed by atoms with Gasteiger partial charge in [-0.05, 0) is 55.6 Å². The fourth-order valence-corrected chi connectivity index (χ4v) is 5.56. The van der Waals surface area contributed by atoms with Crippen LogP contribution in [0.1, 0.15) is 45.6 Å². The van der Waals surface area contributed by atoms with Gasteiger partial charge in [-0.2, -0.15) is 5.10 Å². The molecule has 2 aromatic heterocycles. The molecule has 168 valence electrons. The largest absolute Gasteiger partial charge is 0.465 e. The first-order valence-electron chi connectivity index (χ1n) is 10.2. The molecule has 0 unspecified atom stereocenters. The summed E-state index contributed by atoms with van der Waals surface area (Å²) in [6.07, 6.45) is 8.45. The first-order chi connectivity index (χ1) is 15.5. The zero-order valence-electron chi connectivity index (χ0n) is 17.4. The highest BCUT2D eigenvalue weighted by molar-refractivity contribution is 7.80. The van der Waals surface area contributed by atoms with Crippen molar-refractivity contribution in [2.45, 2.75) is 38.6 Å². The Hall–Kier alpha value is -2.49. The minimum absolute atomic E-state index is 0.192. The summed E-state index contributed by atoms with van der Waals surface area (Å²) in [7, 11) is 1.39. The van der Waals surface area contributed by atoms with Gasteiger partial charge in [-0.3, -0.25) is 4.68 Å². The number of thiocarbonyl (C=S) groups is 1. The Morgan fingerprint density at radius 2 is 2.12 bits per heavy atom. The fraction of sp³-hybridized carbons (Fsp3) is 0.318. The van der Waals surface area contributed by atoms with Crippen LogP contribution in [-0.2, 0) is 24.1 Å². The second-order valence-electron chi connectivity index (χ2n) is 7.47. The number of halogens is 2. The van der Waals surface area contributed by atoms with Gasteiger partial charge < -0.3 is 15.4 Å². The maximum atomic E-state index is 14.0. The molecule has 0 saturated carbocycles. The van der Waals surface area contributed by atoms with E-state index < -0.39 is 0 Å². The van der Waals surface area contributed by atoms with Crippen LogP contribution in [0.15, 0.2) is 30.6 Å². The first kappa shape index (κ1) is 22.7. The van der Waals surface area contributed by atoms with Crippen LogP contribution < -0.4 is 10.6 Å². The van der Waals surface area contributed by atoms with Crippen molar-refractivity contribution in [1.82, 2.24) is 9.78 Å². The van der Waals surface area contributed by atoms with E-state index in [4.69, 9.17) is 28.6 Å². The lowest BCUT2D eigenvalue weighted by atomic mass is 10.1. The van der Waals surface area contributed by atoms with Crippen LogP contribution in [0.3, 0.4) is 0 Å². The number of methoxy groups -OCH3 is 1. The van der Waals surface area contributed by atoms with Crippen molar-refractivity contribution in [1.29, 1.82) is 0 Å². The highest BCUT2D eigenvalue weighted by Crippen LogP contribution is 2.38. The number of aryl methyl sites for hydroxylation is 1. The van der Waals surface area contributed by atoms with Gasteiger partial charge in [0.2, 0.25) is 0 Å². The Kier molecular flexibility index (Phi) is 7.07. The summed E-state index contributed by atoms with van der Waals surface area (Å²) in [4.78, 5) is 13.7. The number of rotatable bonds is 5. The first-order valence-corrected chi connectivity index (χ1v) is 11.8. The predicted molar refractivity (Wildman–Crippen MR) is 129 cm³/mol. The third-order valence-corrected chi connectivity index (χ3v) is 7.08. The van der Waals surface area contributed by atoms with E-state index in [2.05, 4.69) is 15.7 Å². The number of anilines is 2. The van der Waals surface area contributed by atoms with E-state index in [-0.39, 0.29) is 18.3 Å². The summed E-state index contributed by atoms with van der Waals surface area (Å²) in [5.74, 6) is -0.739. The molecule has 1 aliphatic rings. The molecule has 1 aliphatic carbocycles. The number of thiophene rings is 1. The molecule has 2 heterocycles. The Bertz CT molecular complexity index is 1140. The van der Waals surface area contributed by atoms with E-state index in [9.17, 15) is 9.18 Å². The van der Waals surface area contributed by atoms with E-state index >= 15 is 0 Å². The summed E-state index contributed by atoms with van der Waals surface area (Å²) in [5, 5.41) is 11.8. The van der Waals surface area contributed by atoms with Gasteiger partial charge in [-0.25, -0.2) is 9.18 Å². The highest BCUT2D eigenvalue weighted by Gasteiger charge is 2.25. The van der Waals surface area contributed by atoms with Crippen LogP contribution in [-0.4, -0.2) is 28.0 Å². The van der Waals surface area contributed by atoms with Crippen LogP contribution in [0, 0.1) is 5.82 Å². The van der Waals surface area contributed by atoms with Crippen LogP contribution in [0.4, 0.5) is 15.1 Å². The van der Waals surface area contributed by atoms with E-state index in [0.29, 0.717) is 32.0 Å². The number of hydrogen-bond donors (Lipinski definition) is 2. The molecule has 0 saturated heterocycles. The maximum absolute atomic E-state index is 14.0. The van der Waals surface area contributed by atoms with Crippen LogP contribution in [0.5, 0.6) is 0 Å². The van der Waals surface area contributed by atoms with E-state index in [1.807, 2.05) is 0 Å². The molecule has 0 atom stereocenters. The van der Waals surface area contributed by atoms with Crippen molar-refractivity contribution in [3.05, 3.63) is 63.0 Å². The van der Waals surface area contributed by atoms with Crippen molar-refractivity contribution in [3.8, 4) is 0 Å². The number of nitrogens with zero attached hydrogens (tertiary/aromatic N) is 2. The summed E-state index contributed by atoms with van der Waals surface area (Å²) in [6, 6.07) is 4.57. The number of hydrogen-bond acceptors (Lipinski definition) is 5. The molecule has 32 heavy (non-hydrogen) atoms. The number of ether oxygens (including phenoxy) is 1. The smallest absolute Gasteiger partial charge is 0.341 e. The zero-order chi connectivity index (χ0) is 22.7. The standard InChI is InChI=1S/C22H22ClFN4O2S2/c1-30-21(29)19-14-6-3-2-4-9-18(14)32-20(19)27-22(31)26-13-10-25-28(11-13)12-15-16(23)7-5-8-17(15)24/h5,7-8,10-11H,2-4,6,9,12H2,1H3,(H2,26,27,31). The van der Waals surface area contributed by atoms with Crippen molar-refractivity contribution in [2.24, 2.45) is 0 Å². The van der Waals surface area contributed by atoms with Gasteiger partial charge in [-0.15, -0.1) is 11.3 Å². The number of benzene rings is 1. The molecule has 0 fully saturated rings. The average molecular weight is 493 g/mol. The Morgan fingerprint density at radius 3 is 2.91 bits per heavy atom. The molecule has 10 heteroatoms. The van der Waals surface area contributed by atoms with E-state index in [0.717, 1.165) is 37.7 Å². The molecule has 0 spiro atoms. The summed E-state index contributed by atoms with van der Waals surface area (Å²) in [6.45, 7) is 0.192. The van der Waals surface area contributed by atoms with Crippen molar-refractivity contribution in [3.63, 3.8) is 0 Å². The number of nitrogens with one attached hydrogen (secondary N) is 2. The molecular formula is C22H22ClFN4O2S2. The number of esters is 1. The summed E-state index contributed by atoms with van der Waals surface area (Å²) >= 11 is 13.1. The van der Waals surface area contributed by atoms with E-state index in [1.54, 1.807) is 40.5 Å². The molecule has 0 amide bonds. The number of fused-ring (bicyclic) bond motifs is 1. The van der Waals surface area contributed by atoms with Gasteiger partial charge in [-0.1, -0.05) is 24.1 Å².